The van der Waals surface area contributed by atoms with Gasteiger partial charge in [-0.3, -0.25) is 4.79 Å². The van der Waals surface area contributed by atoms with Gasteiger partial charge in [0.15, 0.2) is 5.78 Å². The number of alkyl halides is 1. The lowest BCUT2D eigenvalue weighted by Crippen LogP contribution is -2.19. The summed E-state index contributed by atoms with van der Waals surface area (Å²) in [4.78, 5) is 14.7. The third kappa shape index (κ3) is 5.18. The van der Waals surface area contributed by atoms with Crippen molar-refractivity contribution in [3.63, 3.8) is 0 Å². The highest BCUT2D eigenvalue weighted by Crippen LogP contribution is 2.49. The van der Waals surface area contributed by atoms with Crippen LogP contribution in [0.1, 0.15) is 75.8 Å². The van der Waals surface area contributed by atoms with Crippen LogP contribution in [0.5, 0.6) is 5.75 Å². The van der Waals surface area contributed by atoms with E-state index < -0.39 is 0 Å². The second-order valence-corrected chi connectivity index (χ2v) is 7.90. The monoisotopic (exact) mass is 498 g/mol. The van der Waals surface area contributed by atoms with Crippen LogP contribution >= 0.6 is 22.6 Å². The molecule has 0 radical (unpaired) electrons. The Morgan fingerprint density at radius 3 is 2.64 bits per heavy atom. The summed E-state index contributed by atoms with van der Waals surface area (Å²) in [5.74, 6) is 1.82. The van der Waals surface area contributed by atoms with Crippen LogP contribution in [0.2, 0.25) is 0 Å². The molecule has 0 amide bonds. The van der Waals surface area contributed by atoms with E-state index in [2.05, 4.69) is 42.5 Å². The quantitative estimate of drug-likeness (QED) is 0.271. The van der Waals surface area contributed by atoms with E-state index in [1.54, 1.807) is 7.11 Å². The van der Waals surface area contributed by atoms with E-state index in [9.17, 15) is 9.90 Å². The van der Waals surface area contributed by atoms with Crippen molar-refractivity contribution in [2.75, 3.05) is 12.0 Å². The fraction of sp³-hybridized carbons (Fsp3) is 0.625. The normalized spacial score (nSPS) is 21.6. The lowest BCUT2D eigenvalue weighted by atomic mass is 9.73. The van der Waals surface area contributed by atoms with Gasteiger partial charge in [-0.15, -0.1) is 0 Å². The highest BCUT2D eigenvalue weighted by atomic mass is 127. The smallest absolute Gasteiger partial charge is 0.159 e. The molecule has 0 fully saturated rings. The van der Waals surface area contributed by atoms with Crippen LogP contribution in [-0.4, -0.2) is 29.0 Å². The maximum absolute atomic E-state index is 12.7. The van der Waals surface area contributed by atoms with E-state index >= 15 is 0 Å². The molecular formula is C24H35IO3. The Kier molecular flexibility index (Phi) is 9.48. The number of Topliss-reactive ketones (excluding diaryl/α,β-unsaturated/α-hetero) is 1. The Hall–Kier alpha value is -0.880. The molecule has 2 aliphatic carbocycles. The Morgan fingerprint density at radius 1 is 1.21 bits per heavy atom. The SMILES string of the molecule is CCCCC[C@H](O)CCC1=C2[C@H](CC1=O)Cc1c(OC)cccc1[C@H]2C.CI. The molecule has 1 aromatic carbocycles. The van der Waals surface area contributed by atoms with Gasteiger partial charge in [0, 0.05) is 12.3 Å². The van der Waals surface area contributed by atoms with E-state index in [0.29, 0.717) is 24.5 Å². The van der Waals surface area contributed by atoms with Crippen molar-refractivity contribution >= 4 is 28.4 Å². The zero-order valence-corrected chi connectivity index (χ0v) is 19.9. The van der Waals surface area contributed by atoms with Gasteiger partial charge in [-0.25, -0.2) is 0 Å². The number of allylic oxidation sites excluding steroid dienone is 2. The van der Waals surface area contributed by atoms with Gasteiger partial charge in [0.2, 0.25) is 0 Å². The van der Waals surface area contributed by atoms with Gasteiger partial charge in [-0.05, 0) is 59.3 Å². The highest BCUT2D eigenvalue weighted by molar-refractivity contribution is 14.1. The Bertz CT molecular complexity index is 695. The summed E-state index contributed by atoms with van der Waals surface area (Å²) in [5.41, 5.74) is 4.90. The van der Waals surface area contributed by atoms with Crippen LogP contribution in [0.25, 0.3) is 0 Å². The Balaban J connectivity index is 0.00000136. The van der Waals surface area contributed by atoms with Gasteiger partial charge in [0.05, 0.1) is 13.2 Å². The molecule has 0 saturated heterocycles. The number of aliphatic hydroxyl groups excluding tert-OH is 1. The topological polar surface area (TPSA) is 46.5 Å². The molecule has 3 nitrogen and oxygen atoms in total. The first-order chi connectivity index (χ1) is 13.6. The molecule has 0 aromatic heterocycles. The van der Waals surface area contributed by atoms with Crippen LogP contribution in [0.15, 0.2) is 29.3 Å². The number of fused-ring (bicyclic) bond motifs is 2. The number of halogens is 1. The highest BCUT2D eigenvalue weighted by Gasteiger charge is 2.39. The number of aliphatic hydroxyl groups is 1. The number of carbonyl (C=O) groups excluding carboxylic acids is 1. The number of benzene rings is 1. The summed E-state index contributed by atoms with van der Waals surface area (Å²) in [5, 5.41) is 10.3. The Labute approximate surface area is 184 Å². The molecule has 2 aliphatic rings. The molecule has 1 N–H and O–H groups in total. The van der Waals surface area contributed by atoms with Crippen LogP contribution < -0.4 is 4.74 Å². The average molecular weight is 498 g/mol. The Morgan fingerprint density at radius 2 is 1.96 bits per heavy atom. The fourth-order valence-corrected chi connectivity index (χ4v) is 4.84. The van der Waals surface area contributed by atoms with Crippen molar-refractivity contribution < 1.29 is 14.6 Å². The van der Waals surface area contributed by atoms with Crippen molar-refractivity contribution in [2.45, 2.75) is 77.2 Å². The summed E-state index contributed by atoms with van der Waals surface area (Å²) in [7, 11) is 1.72. The molecule has 0 aliphatic heterocycles. The van der Waals surface area contributed by atoms with Crippen LogP contribution in [-0.2, 0) is 11.2 Å². The molecule has 3 rings (SSSR count). The molecule has 156 valence electrons. The molecule has 4 heteroatoms. The second-order valence-electron chi connectivity index (χ2n) is 7.90. The molecule has 28 heavy (non-hydrogen) atoms. The van der Waals surface area contributed by atoms with E-state index in [0.717, 1.165) is 37.0 Å². The molecule has 0 unspecified atom stereocenters. The summed E-state index contributed by atoms with van der Waals surface area (Å²) >= 11 is 2.15. The van der Waals surface area contributed by atoms with Gasteiger partial charge >= 0.3 is 0 Å². The van der Waals surface area contributed by atoms with Crippen LogP contribution in [0, 0.1) is 5.92 Å². The average Bonchev–Trinajstić information content (AvgIpc) is 3.03. The van der Waals surface area contributed by atoms with Gasteiger partial charge in [-0.2, -0.15) is 0 Å². The molecular weight excluding hydrogens is 463 g/mol. The molecule has 0 spiro atoms. The molecule has 0 heterocycles. The van der Waals surface area contributed by atoms with Crippen LogP contribution in [0.3, 0.4) is 0 Å². The lowest BCUT2D eigenvalue weighted by molar-refractivity contribution is -0.115. The van der Waals surface area contributed by atoms with Gasteiger partial charge in [0.25, 0.3) is 0 Å². The third-order valence-corrected chi connectivity index (χ3v) is 6.20. The maximum atomic E-state index is 12.7. The number of methoxy groups -OCH3 is 1. The van der Waals surface area contributed by atoms with E-state index in [1.165, 1.54) is 29.5 Å². The van der Waals surface area contributed by atoms with Gasteiger partial charge in [0.1, 0.15) is 5.75 Å². The summed E-state index contributed by atoms with van der Waals surface area (Å²) in [6.45, 7) is 4.39. The minimum atomic E-state index is -0.284. The summed E-state index contributed by atoms with van der Waals surface area (Å²) in [6.07, 6.45) is 6.93. The minimum Gasteiger partial charge on any atom is -0.496 e. The van der Waals surface area contributed by atoms with E-state index in [4.69, 9.17) is 4.74 Å². The van der Waals surface area contributed by atoms with Crippen molar-refractivity contribution in [2.24, 2.45) is 5.92 Å². The number of ketones is 1. The van der Waals surface area contributed by atoms with Crippen LogP contribution in [0.4, 0.5) is 0 Å². The van der Waals surface area contributed by atoms with Gasteiger partial charge < -0.3 is 9.84 Å². The number of unbranched alkanes of at least 4 members (excludes halogenated alkanes) is 2. The molecule has 0 bridgehead atoms. The lowest BCUT2D eigenvalue weighted by Gasteiger charge is -2.31. The minimum absolute atomic E-state index is 0.262. The molecule has 3 atom stereocenters. The fourth-order valence-electron chi connectivity index (χ4n) is 4.84. The maximum Gasteiger partial charge on any atom is 0.159 e. The number of rotatable bonds is 8. The second kappa shape index (κ2) is 11.3. The van der Waals surface area contributed by atoms with Gasteiger partial charge in [-0.1, -0.05) is 73.4 Å². The molecule has 1 aromatic rings. The number of hydrogen-bond donors (Lipinski definition) is 1. The first-order valence-electron chi connectivity index (χ1n) is 10.5. The van der Waals surface area contributed by atoms with Crippen molar-refractivity contribution in [1.29, 1.82) is 0 Å². The summed E-state index contributed by atoms with van der Waals surface area (Å²) < 4.78 is 5.55. The number of hydrogen-bond acceptors (Lipinski definition) is 3. The third-order valence-electron chi connectivity index (χ3n) is 6.20. The number of carbonyl (C=O) groups is 1. The molecule has 0 saturated carbocycles. The predicted octanol–water partition coefficient (Wildman–Crippen LogP) is 6.01. The predicted molar refractivity (Wildman–Crippen MR) is 125 cm³/mol. The standard InChI is InChI=1S/C23H32O3.CH3I/c1-4-5-6-8-17(24)11-12-19-21(25)14-16-13-20-18(15(2)23(16)19)9-7-10-22(20)26-3;1-2/h7,9-10,15-17,24H,4-6,8,11-14H2,1-3H3;1H3/t15-,16+,17+;/m1./s1. The number of ether oxygens (including phenoxy) is 1. The summed E-state index contributed by atoms with van der Waals surface area (Å²) in [6, 6.07) is 6.24. The van der Waals surface area contributed by atoms with Crippen molar-refractivity contribution in [3.8, 4) is 5.75 Å². The van der Waals surface area contributed by atoms with Crippen molar-refractivity contribution in [1.82, 2.24) is 0 Å². The first kappa shape index (κ1) is 23.4. The first-order valence-corrected chi connectivity index (χ1v) is 12.7. The van der Waals surface area contributed by atoms with E-state index in [-0.39, 0.29) is 12.0 Å². The largest absolute Gasteiger partial charge is 0.496 e. The van der Waals surface area contributed by atoms with E-state index in [1.807, 2.05) is 17.1 Å². The zero-order chi connectivity index (χ0) is 20.7. The van der Waals surface area contributed by atoms with Crippen molar-refractivity contribution in [3.05, 3.63) is 40.5 Å². The zero-order valence-electron chi connectivity index (χ0n) is 17.8.